The zero-order chi connectivity index (χ0) is 11.5. The van der Waals surface area contributed by atoms with E-state index in [1.165, 1.54) is 0 Å². The minimum Gasteiger partial charge on any atom is -0.475 e. The van der Waals surface area contributed by atoms with Gasteiger partial charge in [0.1, 0.15) is 5.75 Å². The van der Waals surface area contributed by atoms with E-state index < -0.39 is 6.10 Å². The number of hydrogen-bond donors (Lipinski definition) is 1. The van der Waals surface area contributed by atoms with Gasteiger partial charge in [0.05, 0.1) is 18.8 Å². The van der Waals surface area contributed by atoms with Crippen LogP contribution in [0.25, 0.3) is 0 Å². The molecule has 0 aliphatic carbocycles. The topological polar surface area (TPSA) is 47.6 Å². The number of hydrogen-bond acceptors (Lipinski definition) is 4. The molecule has 0 fully saturated rings. The minimum absolute atomic E-state index is 0.318. The quantitative estimate of drug-likeness (QED) is 0.773. The Morgan fingerprint density at radius 1 is 1.62 bits per heavy atom. The number of rotatable bonds is 2. The third-order valence-electron chi connectivity index (χ3n) is 2.43. The summed E-state index contributed by atoms with van der Waals surface area (Å²) in [4.78, 5) is 11.5. The van der Waals surface area contributed by atoms with Gasteiger partial charge in [0.25, 0.3) is 0 Å². The average molecular weight is 221 g/mol. The Balaban J connectivity index is 2.12. The largest absolute Gasteiger partial charge is 0.475 e. The van der Waals surface area contributed by atoms with Crippen LogP contribution >= 0.6 is 0 Å². The van der Waals surface area contributed by atoms with Gasteiger partial charge in [-0.2, -0.15) is 0 Å². The van der Waals surface area contributed by atoms with Crippen LogP contribution in [0.2, 0.25) is 0 Å². The van der Waals surface area contributed by atoms with Crippen molar-refractivity contribution in [1.82, 2.24) is 0 Å². The van der Waals surface area contributed by atoms with Gasteiger partial charge in [-0.05, 0) is 31.5 Å². The Morgan fingerprint density at radius 3 is 3.19 bits per heavy atom. The minimum atomic E-state index is -0.546. The van der Waals surface area contributed by atoms with Crippen molar-refractivity contribution >= 4 is 11.7 Å². The molecule has 1 atom stereocenters. The SMILES string of the molecule is CCOC(=O)C1CNc2cc(C)ccc2O1. The Kier molecular flexibility index (Phi) is 2.99. The number of esters is 1. The number of carbonyl (C=O) groups excluding carboxylic acids is 1. The fourth-order valence-corrected chi connectivity index (χ4v) is 1.65. The molecule has 1 N–H and O–H groups in total. The van der Waals surface area contributed by atoms with Gasteiger partial charge in [-0.25, -0.2) is 4.79 Å². The number of carbonyl (C=O) groups is 1. The normalized spacial score (nSPS) is 18.0. The molecule has 1 aromatic carbocycles. The first kappa shape index (κ1) is 10.8. The van der Waals surface area contributed by atoms with E-state index in [1.54, 1.807) is 6.92 Å². The summed E-state index contributed by atoms with van der Waals surface area (Å²) >= 11 is 0. The lowest BCUT2D eigenvalue weighted by Gasteiger charge is -2.26. The van der Waals surface area contributed by atoms with Crippen LogP contribution < -0.4 is 10.1 Å². The summed E-state index contributed by atoms with van der Waals surface area (Å²) in [6.07, 6.45) is -0.546. The van der Waals surface area contributed by atoms with Gasteiger partial charge in [0.2, 0.25) is 6.10 Å². The predicted octanol–water partition coefficient (Wildman–Crippen LogP) is 1.73. The van der Waals surface area contributed by atoms with Crippen LogP contribution in [0, 0.1) is 6.92 Å². The third-order valence-corrected chi connectivity index (χ3v) is 2.43. The summed E-state index contributed by atoms with van der Waals surface area (Å²) in [6, 6.07) is 5.81. The molecular formula is C12H15NO3. The average Bonchev–Trinajstić information content (AvgIpc) is 2.28. The number of anilines is 1. The van der Waals surface area contributed by atoms with Crippen LogP contribution in [0.15, 0.2) is 18.2 Å². The van der Waals surface area contributed by atoms with E-state index in [2.05, 4.69) is 5.32 Å². The summed E-state index contributed by atoms with van der Waals surface area (Å²) < 4.78 is 10.5. The van der Waals surface area contributed by atoms with Crippen LogP contribution in [0.5, 0.6) is 5.75 Å². The maximum Gasteiger partial charge on any atom is 0.349 e. The highest BCUT2D eigenvalue weighted by atomic mass is 16.6. The summed E-state index contributed by atoms with van der Waals surface area (Å²) in [5, 5.41) is 3.17. The molecule has 2 rings (SSSR count). The monoisotopic (exact) mass is 221 g/mol. The van der Waals surface area contributed by atoms with E-state index >= 15 is 0 Å². The first-order chi connectivity index (χ1) is 7.70. The maximum absolute atomic E-state index is 11.5. The summed E-state index contributed by atoms with van der Waals surface area (Å²) in [5.74, 6) is 0.385. The molecule has 1 aliphatic heterocycles. The standard InChI is InChI=1S/C12H15NO3/c1-3-15-12(14)11-7-13-9-6-8(2)4-5-10(9)16-11/h4-6,11,13H,3,7H2,1-2H3. The summed E-state index contributed by atoms with van der Waals surface area (Å²) in [6.45, 7) is 4.62. The molecule has 0 spiro atoms. The van der Waals surface area contributed by atoms with Gasteiger partial charge >= 0.3 is 5.97 Å². The molecule has 16 heavy (non-hydrogen) atoms. The van der Waals surface area contributed by atoms with Gasteiger partial charge in [-0.15, -0.1) is 0 Å². The zero-order valence-electron chi connectivity index (χ0n) is 9.45. The van der Waals surface area contributed by atoms with Crippen LogP contribution in [0.4, 0.5) is 5.69 Å². The van der Waals surface area contributed by atoms with E-state index in [4.69, 9.17) is 9.47 Å². The van der Waals surface area contributed by atoms with E-state index in [0.717, 1.165) is 11.3 Å². The number of aryl methyl sites for hydroxylation is 1. The second-order valence-corrected chi connectivity index (χ2v) is 3.74. The Hall–Kier alpha value is -1.71. The van der Waals surface area contributed by atoms with Crippen LogP contribution in [0.1, 0.15) is 12.5 Å². The molecular weight excluding hydrogens is 206 g/mol. The van der Waals surface area contributed by atoms with Gasteiger partial charge in [0.15, 0.2) is 0 Å². The first-order valence-electron chi connectivity index (χ1n) is 5.38. The molecule has 0 amide bonds. The lowest BCUT2D eigenvalue weighted by atomic mass is 10.1. The Bertz CT molecular complexity index is 403. The van der Waals surface area contributed by atoms with Crippen molar-refractivity contribution < 1.29 is 14.3 Å². The first-order valence-corrected chi connectivity index (χ1v) is 5.38. The van der Waals surface area contributed by atoms with Gasteiger partial charge in [0, 0.05) is 0 Å². The van der Waals surface area contributed by atoms with Crippen molar-refractivity contribution in [2.45, 2.75) is 20.0 Å². The number of benzene rings is 1. The van der Waals surface area contributed by atoms with E-state index in [-0.39, 0.29) is 5.97 Å². The van der Waals surface area contributed by atoms with Crippen molar-refractivity contribution in [3.8, 4) is 5.75 Å². The van der Waals surface area contributed by atoms with Crippen LogP contribution in [-0.2, 0) is 9.53 Å². The number of fused-ring (bicyclic) bond motifs is 1. The van der Waals surface area contributed by atoms with Crippen molar-refractivity contribution in [2.24, 2.45) is 0 Å². The number of ether oxygens (including phenoxy) is 2. The molecule has 0 bridgehead atoms. The lowest BCUT2D eigenvalue weighted by Crippen LogP contribution is -2.38. The highest BCUT2D eigenvalue weighted by Crippen LogP contribution is 2.29. The second kappa shape index (κ2) is 4.43. The highest BCUT2D eigenvalue weighted by molar-refractivity contribution is 5.77. The Labute approximate surface area is 94.6 Å². The molecule has 4 nitrogen and oxygen atoms in total. The smallest absolute Gasteiger partial charge is 0.349 e. The van der Waals surface area contributed by atoms with Crippen molar-refractivity contribution in [2.75, 3.05) is 18.5 Å². The second-order valence-electron chi connectivity index (χ2n) is 3.74. The van der Waals surface area contributed by atoms with E-state index in [1.807, 2.05) is 25.1 Å². The van der Waals surface area contributed by atoms with E-state index in [0.29, 0.717) is 18.9 Å². The maximum atomic E-state index is 11.5. The fourth-order valence-electron chi connectivity index (χ4n) is 1.65. The van der Waals surface area contributed by atoms with Gasteiger partial charge in [-0.1, -0.05) is 6.07 Å². The highest BCUT2D eigenvalue weighted by Gasteiger charge is 2.26. The molecule has 86 valence electrons. The lowest BCUT2D eigenvalue weighted by molar-refractivity contribution is -0.150. The molecule has 0 saturated heterocycles. The molecule has 0 saturated carbocycles. The van der Waals surface area contributed by atoms with Gasteiger partial charge < -0.3 is 14.8 Å². The summed E-state index contributed by atoms with van der Waals surface area (Å²) in [7, 11) is 0. The molecule has 4 heteroatoms. The molecule has 0 radical (unpaired) electrons. The zero-order valence-corrected chi connectivity index (χ0v) is 9.45. The Morgan fingerprint density at radius 2 is 2.44 bits per heavy atom. The van der Waals surface area contributed by atoms with Crippen molar-refractivity contribution in [1.29, 1.82) is 0 Å². The third kappa shape index (κ3) is 2.10. The van der Waals surface area contributed by atoms with Gasteiger partial charge in [-0.3, -0.25) is 0 Å². The predicted molar refractivity (Wildman–Crippen MR) is 60.7 cm³/mol. The molecule has 1 aliphatic rings. The van der Waals surface area contributed by atoms with Crippen LogP contribution in [-0.4, -0.2) is 25.2 Å². The van der Waals surface area contributed by atoms with Crippen LogP contribution in [0.3, 0.4) is 0 Å². The molecule has 1 aromatic rings. The van der Waals surface area contributed by atoms with Crippen molar-refractivity contribution in [3.63, 3.8) is 0 Å². The van der Waals surface area contributed by atoms with E-state index in [9.17, 15) is 4.79 Å². The summed E-state index contributed by atoms with van der Waals surface area (Å²) in [5.41, 5.74) is 2.09. The number of nitrogens with one attached hydrogen (secondary N) is 1. The van der Waals surface area contributed by atoms with Crippen molar-refractivity contribution in [3.05, 3.63) is 23.8 Å². The molecule has 1 unspecified atom stereocenters. The molecule has 0 aromatic heterocycles. The fraction of sp³-hybridized carbons (Fsp3) is 0.417. The molecule has 1 heterocycles.